The molecule has 1 aromatic heterocycles. The van der Waals surface area contributed by atoms with E-state index in [2.05, 4.69) is 18.1 Å². The standard InChI is InChI=1S/C9H16N3O15P3.4Li/c13-6-4(3-24-29(20,21)27-30(22,23)26-28(17,18)19)25-8(7(6)14)12-2-1-5(11-16)10-9(12)15;;;;/h1-2,4,6-8,13-14,16H,3H2,(H,20,21)(H,22,23)(H,10,11,15)(H2,17,18,19);;;;/q;4*+1/p-4/t4-,6+,7?,8-;;;;/m1..../s1. The Kier molecular flexibility index (Phi) is 18.3. The van der Waals surface area contributed by atoms with Gasteiger partial charge in [0, 0.05) is 6.20 Å². The predicted octanol–water partition coefficient (Wildman–Crippen LogP) is -16.5. The average molecular weight is 523 g/mol. The van der Waals surface area contributed by atoms with E-state index in [1.807, 2.05) is 0 Å². The first-order valence-corrected chi connectivity index (χ1v) is 11.7. The fraction of sp³-hybridized carbons (Fsp3) is 0.556. The maximum atomic E-state index is 11.9. The molecule has 0 aromatic carbocycles. The molecule has 0 saturated carbocycles. The van der Waals surface area contributed by atoms with E-state index in [4.69, 9.17) is 9.94 Å². The molecule has 18 nitrogen and oxygen atoms in total. The molecule has 1 aliphatic rings. The van der Waals surface area contributed by atoms with Crippen molar-refractivity contribution < 1.29 is 142 Å². The van der Waals surface area contributed by atoms with Crippen molar-refractivity contribution in [2.45, 2.75) is 24.5 Å². The van der Waals surface area contributed by atoms with Crippen molar-refractivity contribution in [1.82, 2.24) is 9.55 Å². The van der Waals surface area contributed by atoms with E-state index in [9.17, 15) is 48.3 Å². The SMILES string of the molecule is O=c1nc(NO)ccn1[C@@H]1O[C@H](COP(=O)([O-])OP(=O)([O-])OP(=O)([O-])[O-])[C@H](O)C1O.[Li+].[Li+].[Li+].[Li+]. The van der Waals surface area contributed by atoms with Crippen LogP contribution in [0, 0.1) is 0 Å². The summed E-state index contributed by atoms with van der Waals surface area (Å²) < 4.78 is 49.1. The van der Waals surface area contributed by atoms with Gasteiger partial charge in [-0.3, -0.25) is 28.7 Å². The number of phosphoric ester groups is 1. The zero-order chi connectivity index (χ0) is 22.9. The minimum absolute atomic E-state index is 0. The van der Waals surface area contributed by atoms with Gasteiger partial charge in [0.2, 0.25) is 0 Å². The predicted molar refractivity (Wildman–Crippen MR) is 80.8 cm³/mol. The summed E-state index contributed by atoms with van der Waals surface area (Å²) in [5, 5.41) is 28.6. The number of nitrogens with zero attached hydrogens (tertiary/aromatic N) is 2. The molecule has 4 N–H and O–H groups in total. The molecule has 1 aliphatic heterocycles. The molecule has 0 radical (unpaired) electrons. The molecule has 6 atom stereocenters. The fourth-order valence-corrected chi connectivity index (χ4v) is 5.08. The minimum Gasteiger partial charge on any atom is -0.790 e. The first kappa shape index (κ1) is 39.8. The maximum Gasteiger partial charge on any atom is 1.00 e. The van der Waals surface area contributed by atoms with Crippen molar-refractivity contribution in [2.24, 2.45) is 0 Å². The number of aromatic nitrogens is 2. The van der Waals surface area contributed by atoms with Gasteiger partial charge in [0.1, 0.15) is 18.3 Å². The third kappa shape index (κ3) is 11.8. The molecule has 0 bridgehead atoms. The summed E-state index contributed by atoms with van der Waals surface area (Å²) in [5.74, 6) is -0.251. The number of aliphatic hydroxyl groups excluding tert-OH is 2. The van der Waals surface area contributed by atoms with E-state index in [1.54, 1.807) is 5.48 Å². The normalized spacial score (nSPS) is 25.3. The summed E-state index contributed by atoms with van der Waals surface area (Å²) in [5.41, 5.74) is 0.544. The first-order valence-electron chi connectivity index (χ1n) is 7.36. The van der Waals surface area contributed by atoms with Crippen LogP contribution >= 0.6 is 23.5 Å². The molecule has 2 heterocycles. The van der Waals surface area contributed by atoms with Crippen molar-refractivity contribution in [3.8, 4) is 0 Å². The number of rotatable bonds is 9. The van der Waals surface area contributed by atoms with Crippen molar-refractivity contribution in [2.75, 3.05) is 12.1 Å². The quantitative estimate of drug-likeness (QED) is 0.133. The van der Waals surface area contributed by atoms with Crippen LogP contribution in [0.2, 0.25) is 0 Å². The molecule has 2 rings (SSSR count). The second kappa shape index (κ2) is 15.7. The van der Waals surface area contributed by atoms with Gasteiger partial charge >= 0.3 is 81.1 Å². The zero-order valence-corrected chi connectivity index (χ0v) is 20.8. The fourth-order valence-electron chi connectivity index (χ4n) is 2.21. The van der Waals surface area contributed by atoms with Crippen molar-refractivity contribution >= 4 is 29.3 Å². The van der Waals surface area contributed by atoms with Crippen LogP contribution in [-0.4, -0.2) is 49.9 Å². The number of hydrogen-bond donors (Lipinski definition) is 4. The minimum atomic E-state index is -6.17. The Labute approximate surface area is 238 Å². The van der Waals surface area contributed by atoms with Crippen molar-refractivity contribution in [1.29, 1.82) is 0 Å². The van der Waals surface area contributed by atoms with E-state index >= 15 is 0 Å². The molecular formula is C9H12Li4N3O15P3. The molecule has 0 amide bonds. The van der Waals surface area contributed by atoms with E-state index < -0.39 is 60.3 Å². The Morgan fingerprint density at radius 2 is 1.59 bits per heavy atom. The van der Waals surface area contributed by atoms with Crippen LogP contribution in [0.1, 0.15) is 6.23 Å². The smallest absolute Gasteiger partial charge is 0.790 e. The van der Waals surface area contributed by atoms with E-state index in [-0.39, 0.29) is 81.3 Å². The Morgan fingerprint density at radius 3 is 2.06 bits per heavy atom. The van der Waals surface area contributed by atoms with Crippen LogP contribution < -0.4 is 106 Å². The van der Waals surface area contributed by atoms with Gasteiger partial charge in [0.15, 0.2) is 12.0 Å². The Bertz CT molecular complexity index is 980. The third-order valence-corrected chi connectivity index (χ3v) is 7.02. The number of nitrogens with one attached hydrogen (secondary N) is 1. The Hall–Kier alpha value is 1.32. The van der Waals surface area contributed by atoms with E-state index in [0.717, 1.165) is 12.3 Å². The molecule has 34 heavy (non-hydrogen) atoms. The summed E-state index contributed by atoms with van der Waals surface area (Å²) in [7, 11) is -18.2. The summed E-state index contributed by atoms with van der Waals surface area (Å²) >= 11 is 0. The summed E-state index contributed by atoms with van der Waals surface area (Å²) in [4.78, 5) is 58.3. The third-order valence-electron chi connectivity index (χ3n) is 3.35. The molecule has 1 fully saturated rings. The summed E-state index contributed by atoms with van der Waals surface area (Å²) in [6.07, 6.45) is -5.89. The average Bonchev–Trinajstić information content (AvgIpc) is 2.85. The Balaban J connectivity index is -0.00000240. The van der Waals surface area contributed by atoms with Gasteiger partial charge in [-0.25, -0.2) is 9.11 Å². The first-order chi connectivity index (χ1) is 13.6. The zero-order valence-electron chi connectivity index (χ0n) is 18.1. The molecule has 0 aliphatic carbocycles. The monoisotopic (exact) mass is 523 g/mol. The topological polar surface area (TPSA) is 288 Å². The molecule has 3 unspecified atom stereocenters. The molecule has 1 saturated heterocycles. The number of phosphoric acid groups is 3. The molecule has 172 valence electrons. The largest absolute Gasteiger partial charge is 1.00 e. The van der Waals surface area contributed by atoms with Gasteiger partial charge in [-0.2, -0.15) is 4.98 Å². The van der Waals surface area contributed by atoms with Gasteiger partial charge in [0.25, 0.3) is 15.6 Å². The second-order valence-electron chi connectivity index (χ2n) is 5.46. The number of hydrogen-bond acceptors (Lipinski definition) is 17. The number of aliphatic hydroxyl groups is 2. The number of ether oxygens (including phenoxy) is 1. The van der Waals surface area contributed by atoms with Gasteiger partial charge in [-0.05, 0) is 6.07 Å². The summed E-state index contributed by atoms with van der Waals surface area (Å²) in [6.45, 7) is -1.17. The van der Waals surface area contributed by atoms with Crippen molar-refractivity contribution in [3.63, 3.8) is 0 Å². The maximum absolute atomic E-state index is 11.9. The van der Waals surface area contributed by atoms with Crippen LogP contribution in [0.3, 0.4) is 0 Å². The van der Waals surface area contributed by atoms with Gasteiger partial charge in [-0.1, -0.05) is 0 Å². The van der Waals surface area contributed by atoms with Crippen LogP contribution in [0.15, 0.2) is 17.1 Å². The van der Waals surface area contributed by atoms with Crippen molar-refractivity contribution in [3.05, 3.63) is 22.7 Å². The molecular weight excluding hydrogens is 511 g/mol. The van der Waals surface area contributed by atoms with Gasteiger partial charge in [0.05, 0.1) is 14.4 Å². The summed E-state index contributed by atoms with van der Waals surface area (Å²) in [6, 6.07) is 1.09. The van der Waals surface area contributed by atoms with Gasteiger partial charge in [-0.15, -0.1) is 0 Å². The molecule has 0 spiro atoms. The number of anilines is 1. The van der Waals surface area contributed by atoms with Crippen LogP contribution in [0.5, 0.6) is 0 Å². The Morgan fingerprint density at radius 1 is 1.03 bits per heavy atom. The molecule has 25 heteroatoms. The van der Waals surface area contributed by atoms with E-state index in [1.165, 1.54) is 0 Å². The van der Waals surface area contributed by atoms with Crippen LogP contribution in [-0.2, 0) is 31.6 Å². The van der Waals surface area contributed by atoms with Crippen LogP contribution in [0.25, 0.3) is 0 Å². The molecule has 1 aromatic rings. The second-order valence-corrected chi connectivity index (χ2v) is 9.71. The van der Waals surface area contributed by atoms with Crippen LogP contribution in [0.4, 0.5) is 5.82 Å². The van der Waals surface area contributed by atoms with Gasteiger partial charge < -0.3 is 43.6 Å². The van der Waals surface area contributed by atoms with E-state index in [0.29, 0.717) is 4.57 Å².